The fraction of sp³-hybridized carbons (Fsp3) is 0.261. The van der Waals surface area contributed by atoms with Crippen LogP contribution in [0.1, 0.15) is 30.0 Å². The Balaban J connectivity index is 1.71. The van der Waals surface area contributed by atoms with E-state index in [1.165, 1.54) is 13.3 Å². The number of hydrazone groups is 1. The first-order valence-electron chi connectivity index (χ1n) is 10.1. The number of amides is 1. The molecule has 0 fully saturated rings. The molecular weight excluding hydrogens is 543 g/mol. The van der Waals surface area contributed by atoms with Gasteiger partial charge < -0.3 is 23.4 Å². The smallest absolute Gasteiger partial charge is 0.343 e. The molecule has 9 nitrogen and oxygen atoms in total. The molecule has 0 atom stereocenters. The highest BCUT2D eigenvalue weighted by Gasteiger charge is 2.15. The van der Waals surface area contributed by atoms with Gasteiger partial charge in [-0.25, -0.2) is 10.2 Å². The SMILES string of the molecule is CCOc1ccc2oc(C(=O)N/N=C/c3cc(I)c(OCC(=O)OC)c(OCC)c3)cc2c1. The van der Waals surface area contributed by atoms with E-state index in [1.807, 2.05) is 19.9 Å². The van der Waals surface area contributed by atoms with Crippen LogP contribution in [0.2, 0.25) is 0 Å². The number of methoxy groups -OCH3 is 1. The summed E-state index contributed by atoms with van der Waals surface area (Å²) in [5, 5.41) is 4.77. The zero-order chi connectivity index (χ0) is 23.8. The number of fused-ring (bicyclic) bond motifs is 1. The third kappa shape index (κ3) is 6.37. The summed E-state index contributed by atoms with van der Waals surface area (Å²) in [7, 11) is 1.29. The molecule has 0 saturated heterocycles. The van der Waals surface area contributed by atoms with E-state index in [2.05, 4.69) is 37.9 Å². The molecule has 2 aromatic carbocycles. The van der Waals surface area contributed by atoms with Crippen molar-refractivity contribution in [1.29, 1.82) is 0 Å². The molecule has 3 aromatic rings. The van der Waals surface area contributed by atoms with E-state index in [0.717, 1.165) is 5.39 Å². The lowest BCUT2D eigenvalue weighted by molar-refractivity contribution is -0.142. The van der Waals surface area contributed by atoms with Gasteiger partial charge in [0.2, 0.25) is 0 Å². The number of hydrogen-bond donors (Lipinski definition) is 1. The number of rotatable bonds is 10. The number of carbonyl (C=O) groups excluding carboxylic acids is 2. The minimum Gasteiger partial charge on any atom is -0.494 e. The number of benzene rings is 2. The van der Waals surface area contributed by atoms with Crippen LogP contribution in [-0.4, -0.2) is 45.0 Å². The van der Waals surface area contributed by atoms with Crippen molar-refractivity contribution in [3.63, 3.8) is 0 Å². The Morgan fingerprint density at radius 3 is 2.61 bits per heavy atom. The van der Waals surface area contributed by atoms with Crippen molar-refractivity contribution in [1.82, 2.24) is 5.43 Å². The van der Waals surface area contributed by atoms with E-state index in [-0.39, 0.29) is 12.4 Å². The zero-order valence-electron chi connectivity index (χ0n) is 18.3. The van der Waals surface area contributed by atoms with Crippen LogP contribution in [0.5, 0.6) is 17.2 Å². The topological polar surface area (TPSA) is 109 Å². The Morgan fingerprint density at radius 2 is 1.88 bits per heavy atom. The monoisotopic (exact) mass is 566 g/mol. The molecule has 0 aliphatic heterocycles. The number of carbonyl (C=O) groups is 2. The summed E-state index contributed by atoms with van der Waals surface area (Å²) in [6, 6.07) is 10.5. The molecule has 0 saturated carbocycles. The van der Waals surface area contributed by atoms with E-state index >= 15 is 0 Å². The fourth-order valence-electron chi connectivity index (χ4n) is 2.87. The number of hydrogen-bond acceptors (Lipinski definition) is 8. The first-order valence-corrected chi connectivity index (χ1v) is 11.2. The van der Waals surface area contributed by atoms with Gasteiger partial charge in [0.1, 0.15) is 11.3 Å². The number of nitrogens with one attached hydrogen (secondary N) is 1. The number of esters is 1. The van der Waals surface area contributed by atoms with E-state index < -0.39 is 11.9 Å². The standard InChI is InChI=1S/C23H23IN2O7/c1-4-30-16-6-7-18-15(10-16)11-20(33-18)23(28)26-25-12-14-8-17(24)22(19(9-14)31-5-2)32-13-21(27)29-3/h6-12H,4-5,13H2,1-3H3,(H,26,28)/b25-12+. The molecule has 0 aliphatic carbocycles. The Kier molecular flexibility index (Phi) is 8.52. The molecule has 33 heavy (non-hydrogen) atoms. The van der Waals surface area contributed by atoms with Gasteiger partial charge in [0.15, 0.2) is 23.9 Å². The maximum atomic E-state index is 12.4. The quantitative estimate of drug-likeness (QED) is 0.170. The van der Waals surface area contributed by atoms with Crippen LogP contribution in [0.3, 0.4) is 0 Å². The summed E-state index contributed by atoms with van der Waals surface area (Å²) < 4.78 is 27.5. The van der Waals surface area contributed by atoms with Gasteiger partial charge in [-0.05, 0) is 78.4 Å². The number of ether oxygens (including phenoxy) is 4. The summed E-state index contributed by atoms with van der Waals surface area (Å²) in [5.41, 5.74) is 3.69. The molecule has 0 aliphatic rings. The lowest BCUT2D eigenvalue weighted by Crippen LogP contribution is -2.16. The summed E-state index contributed by atoms with van der Waals surface area (Å²) >= 11 is 2.07. The first kappa shape index (κ1) is 24.4. The molecule has 0 radical (unpaired) electrons. The number of furan rings is 1. The molecule has 0 unspecified atom stereocenters. The molecule has 1 amide bonds. The van der Waals surface area contributed by atoms with Crippen molar-refractivity contribution in [3.8, 4) is 17.2 Å². The van der Waals surface area contributed by atoms with Crippen molar-refractivity contribution in [2.24, 2.45) is 5.10 Å². The summed E-state index contributed by atoms with van der Waals surface area (Å²) in [6.45, 7) is 4.45. The summed E-state index contributed by atoms with van der Waals surface area (Å²) in [4.78, 5) is 23.8. The third-order valence-corrected chi connectivity index (χ3v) is 5.10. The van der Waals surface area contributed by atoms with E-state index in [0.29, 0.717) is 45.2 Å². The second-order valence-corrected chi connectivity index (χ2v) is 7.73. The van der Waals surface area contributed by atoms with Crippen LogP contribution in [-0.2, 0) is 9.53 Å². The van der Waals surface area contributed by atoms with E-state index in [1.54, 1.807) is 30.3 Å². The van der Waals surface area contributed by atoms with Crippen LogP contribution in [0.4, 0.5) is 0 Å². The van der Waals surface area contributed by atoms with Crippen molar-refractivity contribution >= 4 is 51.7 Å². The van der Waals surface area contributed by atoms with Crippen molar-refractivity contribution in [2.45, 2.75) is 13.8 Å². The predicted molar refractivity (Wildman–Crippen MR) is 130 cm³/mol. The number of halogens is 1. The summed E-state index contributed by atoms with van der Waals surface area (Å²) in [6.07, 6.45) is 1.47. The lowest BCUT2D eigenvalue weighted by atomic mass is 10.2. The molecule has 174 valence electrons. The highest BCUT2D eigenvalue weighted by molar-refractivity contribution is 14.1. The molecule has 0 bridgehead atoms. The minimum atomic E-state index is -0.499. The summed E-state index contributed by atoms with van der Waals surface area (Å²) in [5.74, 6) is 0.724. The van der Waals surface area contributed by atoms with Crippen molar-refractivity contribution < 1.29 is 33.0 Å². The van der Waals surface area contributed by atoms with Gasteiger partial charge in [0, 0.05) is 5.39 Å². The molecule has 1 aromatic heterocycles. The highest BCUT2D eigenvalue weighted by atomic mass is 127. The average Bonchev–Trinajstić information content (AvgIpc) is 3.22. The van der Waals surface area contributed by atoms with Gasteiger partial charge in [-0.2, -0.15) is 5.10 Å². The van der Waals surface area contributed by atoms with Gasteiger partial charge >= 0.3 is 11.9 Å². The molecular formula is C23H23IN2O7. The second kappa shape index (κ2) is 11.5. The van der Waals surface area contributed by atoms with Gasteiger partial charge in [0.25, 0.3) is 0 Å². The largest absolute Gasteiger partial charge is 0.494 e. The van der Waals surface area contributed by atoms with Crippen LogP contribution in [0, 0.1) is 3.57 Å². The molecule has 1 N–H and O–H groups in total. The zero-order valence-corrected chi connectivity index (χ0v) is 20.5. The van der Waals surface area contributed by atoms with Gasteiger partial charge in [-0.1, -0.05) is 0 Å². The van der Waals surface area contributed by atoms with Crippen LogP contribution < -0.4 is 19.6 Å². The Morgan fingerprint density at radius 1 is 1.09 bits per heavy atom. The molecule has 0 spiro atoms. The van der Waals surface area contributed by atoms with Crippen LogP contribution >= 0.6 is 22.6 Å². The van der Waals surface area contributed by atoms with Crippen molar-refractivity contribution in [2.75, 3.05) is 26.9 Å². The van der Waals surface area contributed by atoms with Gasteiger partial charge in [-0.15, -0.1) is 0 Å². The Bertz CT molecular complexity index is 1170. The van der Waals surface area contributed by atoms with E-state index in [9.17, 15) is 9.59 Å². The Labute approximate surface area is 204 Å². The normalized spacial score (nSPS) is 10.9. The molecule has 1 heterocycles. The lowest BCUT2D eigenvalue weighted by Gasteiger charge is -2.13. The van der Waals surface area contributed by atoms with Crippen LogP contribution in [0.15, 0.2) is 45.9 Å². The van der Waals surface area contributed by atoms with Crippen molar-refractivity contribution in [3.05, 3.63) is 51.3 Å². The minimum absolute atomic E-state index is 0.131. The van der Waals surface area contributed by atoms with Gasteiger partial charge in [-0.3, -0.25) is 4.79 Å². The maximum absolute atomic E-state index is 12.4. The Hall–Kier alpha value is -3.28. The average molecular weight is 566 g/mol. The molecule has 3 rings (SSSR count). The van der Waals surface area contributed by atoms with E-state index in [4.69, 9.17) is 18.6 Å². The van der Waals surface area contributed by atoms with Gasteiger partial charge in [0.05, 0.1) is 30.1 Å². The number of nitrogens with zero attached hydrogens (tertiary/aromatic N) is 1. The second-order valence-electron chi connectivity index (χ2n) is 6.57. The first-order chi connectivity index (χ1) is 15.9. The predicted octanol–water partition coefficient (Wildman–Crippen LogP) is 4.15. The molecule has 10 heteroatoms. The maximum Gasteiger partial charge on any atom is 0.343 e. The highest BCUT2D eigenvalue weighted by Crippen LogP contribution is 2.34. The third-order valence-electron chi connectivity index (χ3n) is 4.30. The van der Waals surface area contributed by atoms with Crippen LogP contribution in [0.25, 0.3) is 11.0 Å². The fourth-order valence-corrected chi connectivity index (χ4v) is 3.65.